The molecule has 0 bridgehead atoms. The molecule has 0 aromatic heterocycles. The number of nitrogens with one attached hydrogen (secondary N) is 1. The molecular weight excluding hydrogens is 476 g/mol. The number of hydrogen-bond acceptors (Lipinski definition) is 3. The van der Waals surface area contributed by atoms with Gasteiger partial charge in [-0.1, -0.05) is 53.6 Å². The summed E-state index contributed by atoms with van der Waals surface area (Å²) in [6.07, 6.45) is 3.95. The number of ether oxygens (including phenoxy) is 1. The Morgan fingerprint density at radius 1 is 1.12 bits per heavy atom. The van der Waals surface area contributed by atoms with Crippen LogP contribution in [0.4, 0.5) is 5.69 Å². The molecule has 0 saturated carbocycles. The molecule has 3 aromatic rings. The van der Waals surface area contributed by atoms with Crippen molar-refractivity contribution in [3.63, 3.8) is 0 Å². The highest BCUT2D eigenvalue weighted by atomic mass is 79.9. The highest BCUT2D eigenvalue weighted by Crippen LogP contribution is 2.33. The standard InChI is InChI=1S/C28H25BrN2O2/c1-4-6-23-14-22(15-24(17-30)28(32)31-25-11-9-19(2)10-12-25)16-26(29)27(23)33-18-21-8-5-7-20(3)13-21/h4-5,7-16H,1,6,18H2,2-3H3,(H,31,32)/b24-15-. The summed E-state index contributed by atoms with van der Waals surface area (Å²) in [6, 6.07) is 21.3. The molecule has 1 amide bonds. The van der Waals surface area contributed by atoms with E-state index < -0.39 is 5.91 Å². The van der Waals surface area contributed by atoms with Crippen LogP contribution in [-0.4, -0.2) is 5.91 Å². The number of aryl methyl sites for hydroxylation is 2. The maximum atomic E-state index is 12.6. The highest BCUT2D eigenvalue weighted by Gasteiger charge is 2.13. The van der Waals surface area contributed by atoms with Crippen LogP contribution >= 0.6 is 15.9 Å². The summed E-state index contributed by atoms with van der Waals surface area (Å²) < 4.78 is 6.87. The lowest BCUT2D eigenvalue weighted by atomic mass is 10.0. The van der Waals surface area contributed by atoms with E-state index in [1.54, 1.807) is 24.3 Å². The molecular formula is C28H25BrN2O2. The number of hydrogen-bond donors (Lipinski definition) is 1. The van der Waals surface area contributed by atoms with Gasteiger partial charge in [0.1, 0.15) is 24.0 Å². The predicted octanol–water partition coefficient (Wildman–Crippen LogP) is 6.92. The van der Waals surface area contributed by atoms with E-state index in [1.807, 2.05) is 62.4 Å². The van der Waals surface area contributed by atoms with Crippen LogP contribution in [-0.2, 0) is 17.8 Å². The molecule has 3 rings (SSSR count). The molecule has 0 heterocycles. The van der Waals surface area contributed by atoms with Crippen molar-refractivity contribution in [3.05, 3.63) is 111 Å². The molecule has 0 radical (unpaired) electrons. The van der Waals surface area contributed by atoms with Gasteiger partial charge >= 0.3 is 0 Å². The van der Waals surface area contributed by atoms with E-state index in [2.05, 4.69) is 33.9 Å². The summed E-state index contributed by atoms with van der Waals surface area (Å²) >= 11 is 3.59. The molecule has 0 atom stereocenters. The van der Waals surface area contributed by atoms with Crippen molar-refractivity contribution < 1.29 is 9.53 Å². The minimum atomic E-state index is -0.456. The summed E-state index contributed by atoms with van der Waals surface area (Å²) in [4.78, 5) is 12.6. The topological polar surface area (TPSA) is 62.1 Å². The van der Waals surface area contributed by atoms with Gasteiger partial charge in [0, 0.05) is 5.69 Å². The summed E-state index contributed by atoms with van der Waals surface area (Å²) in [5.41, 5.74) is 5.63. The number of rotatable bonds is 8. The molecule has 0 aliphatic rings. The first kappa shape index (κ1) is 24.0. The van der Waals surface area contributed by atoms with Crippen LogP contribution in [0.2, 0.25) is 0 Å². The van der Waals surface area contributed by atoms with Gasteiger partial charge < -0.3 is 10.1 Å². The Balaban J connectivity index is 1.85. The van der Waals surface area contributed by atoms with Gasteiger partial charge in [0.25, 0.3) is 5.91 Å². The maximum absolute atomic E-state index is 12.6. The largest absolute Gasteiger partial charge is 0.487 e. The van der Waals surface area contributed by atoms with Crippen LogP contribution in [0.3, 0.4) is 0 Å². The lowest BCUT2D eigenvalue weighted by Gasteiger charge is -2.14. The van der Waals surface area contributed by atoms with Crippen molar-refractivity contribution in [1.29, 1.82) is 5.26 Å². The maximum Gasteiger partial charge on any atom is 0.266 e. The van der Waals surface area contributed by atoms with Gasteiger partial charge in [0.2, 0.25) is 0 Å². The summed E-state index contributed by atoms with van der Waals surface area (Å²) in [7, 11) is 0. The molecule has 33 heavy (non-hydrogen) atoms. The first-order valence-corrected chi connectivity index (χ1v) is 11.3. The van der Waals surface area contributed by atoms with Crippen LogP contribution in [0, 0.1) is 25.2 Å². The Morgan fingerprint density at radius 2 is 1.88 bits per heavy atom. The van der Waals surface area contributed by atoms with E-state index in [1.165, 1.54) is 5.56 Å². The van der Waals surface area contributed by atoms with Crippen LogP contribution in [0.1, 0.15) is 27.8 Å². The second-order valence-electron chi connectivity index (χ2n) is 7.75. The number of nitriles is 1. The van der Waals surface area contributed by atoms with E-state index in [0.717, 1.165) is 32.5 Å². The monoisotopic (exact) mass is 500 g/mol. The lowest BCUT2D eigenvalue weighted by Crippen LogP contribution is -2.13. The molecule has 4 nitrogen and oxygen atoms in total. The Labute approximate surface area is 203 Å². The quantitative estimate of drug-likeness (QED) is 0.207. The predicted molar refractivity (Wildman–Crippen MR) is 137 cm³/mol. The number of carbonyl (C=O) groups is 1. The average Bonchev–Trinajstić information content (AvgIpc) is 2.78. The fourth-order valence-corrected chi connectivity index (χ4v) is 3.97. The van der Waals surface area contributed by atoms with Gasteiger partial charge in [0.05, 0.1) is 4.47 Å². The number of nitrogens with zero attached hydrogens (tertiary/aromatic N) is 1. The van der Waals surface area contributed by atoms with Gasteiger partial charge in [-0.25, -0.2) is 0 Å². The summed E-state index contributed by atoms with van der Waals surface area (Å²) in [5.74, 6) is 0.263. The van der Waals surface area contributed by atoms with Crippen molar-refractivity contribution in [2.24, 2.45) is 0 Å². The van der Waals surface area contributed by atoms with Gasteiger partial charge in [-0.2, -0.15) is 5.26 Å². The highest BCUT2D eigenvalue weighted by molar-refractivity contribution is 9.10. The van der Waals surface area contributed by atoms with E-state index >= 15 is 0 Å². The first-order chi connectivity index (χ1) is 15.9. The average molecular weight is 501 g/mol. The van der Waals surface area contributed by atoms with Crippen LogP contribution < -0.4 is 10.1 Å². The Morgan fingerprint density at radius 3 is 2.55 bits per heavy atom. The number of allylic oxidation sites excluding steroid dienone is 1. The molecule has 166 valence electrons. The number of benzene rings is 3. The molecule has 0 aliphatic carbocycles. The van der Waals surface area contributed by atoms with E-state index in [0.29, 0.717) is 18.7 Å². The smallest absolute Gasteiger partial charge is 0.266 e. The third kappa shape index (κ3) is 6.68. The summed E-state index contributed by atoms with van der Waals surface area (Å²) in [6.45, 7) is 8.29. The van der Waals surface area contributed by atoms with Crippen LogP contribution in [0.15, 0.2) is 83.4 Å². The SMILES string of the molecule is C=CCc1cc(/C=C(/C#N)C(=O)Nc2ccc(C)cc2)cc(Br)c1OCc1cccc(C)c1. The van der Waals surface area contributed by atoms with Crippen molar-refractivity contribution in [1.82, 2.24) is 0 Å². The minimum absolute atomic E-state index is 0.0143. The fraction of sp³-hybridized carbons (Fsp3) is 0.143. The number of amides is 1. The van der Waals surface area contributed by atoms with Crippen LogP contribution in [0.25, 0.3) is 6.08 Å². The molecule has 3 aromatic carbocycles. The van der Waals surface area contributed by atoms with Gasteiger partial charge in [0.15, 0.2) is 0 Å². The van der Waals surface area contributed by atoms with Gasteiger partial charge in [-0.3, -0.25) is 4.79 Å². The number of anilines is 1. The molecule has 0 aliphatic heterocycles. The van der Waals surface area contributed by atoms with Crippen molar-refractivity contribution in [2.75, 3.05) is 5.32 Å². The zero-order valence-electron chi connectivity index (χ0n) is 18.7. The number of halogens is 1. The Hall–Kier alpha value is -3.62. The second kappa shape index (κ2) is 11.3. The second-order valence-corrected chi connectivity index (χ2v) is 8.61. The van der Waals surface area contributed by atoms with Crippen molar-refractivity contribution >= 4 is 33.6 Å². The van der Waals surface area contributed by atoms with E-state index in [9.17, 15) is 10.1 Å². The first-order valence-electron chi connectivity index (χ1n) is 10.5. The molecule has 0 fully saturated rings. The van der Waals surface area contributed by atoms with Gasteiger partial charge in [-0.15, -0.1) is 6.58 Å². The number of carbonyl (C=O) groups excluding carboxylic acids is 1. The third-order valence-electron chi connectivity index (χ3n) is 4.96. The van der Waals surface area contributed by atoms with Crippen molar-refractivity contribution in [3.8, 4) is 11.8 Å². The zero-order chi connectivity index (χ0) is 23.8. The van der Waals surface area contributed by atoms with E-state index in [4.69, 9.17) is 4.74 Å². The van der Waals surface area contributed by atoms with E-state index in [-0.39, 0.29) is 5.57 Å². The van der Waals surface area contributed by atoms with Crippen LogP contribution in [0.5, 0.6) is 5.75 Å². The molecule has 1 N–H and O–H groups in total. The molecule has 0 unspecified atom stereocenters. The molecule has 0 spiro atoms. The minimum Gasteiger partial charge on any atom is -0.487 e. The molecule has 5 heteroatoms. The zero-order valence-corrected chi connectivity index (χ0v) is 20.3. The Bertz CT molecular complexity index is 1240. The third-order valence-corrected chi connectivity index (χ3v) is 5.55. The normalized spacial score (nSPS) is 10.9. The lowest BCUT2D eigenvalue weighted by molar-refractivity contribution is -0.112. The molecule has 0 saturated heterocycles. The Kier molecular flexibility index (Phi) is 8.23. The summed E-state index contributed by atoms with van der Waals surface area (Å²) in [5, 5.41) is 12.3. The fourth-order valence-electron chi connectivity index (χ4n) is 3.33. The van der Waals surface area contributed by atoms with Crippen molar-refractivity contribution in [2.45, 2.75) is 26.9 Å². The van der Waals surface area contributed by atoms with Gasteiger partial charge in [-0.05, 0) is 83.2 Å².